The summed E-state index contributed by atoms with van der Waals surface area (Å²) in [7, 11) is 0. The molecule has 60 heavy (non-hydrogen) atoms. The Labute approximate surface area is 356 Å². The molecule has 0 bridgehead atoms. The predicted molar refractivity (Wildman–Crippen MR) is 257 cm³/mol. The third-order valence-corrected chi connectivity index (χ3v) is 11.5. The van der Waals surface area contributed by atoms with E-state index >= 15 is 0 Å². The molecule has 11 aromatic carbocycles. The van der Waals surface area contributed by atoms with Crippen molar-refractivity contribution in [2.75, 3.05) is 9.80 Å². The average molecular weight is 769 g/mol. The SMILES string of the molecule is [2H]c1c([2H])c(N(c2ccccc2)c2cc3ccccc3c3ccccc23)c([2H])c([2H])c1-c1ccc(-c2ccc(N(c3ccccc3)c3cc4ccccc4c4ccccc34)cc2)cc1. The molecule has 0 aliphatic carbocycles. The molecule has 2 heteroatoms. The summed E-state index contributed by atoms with van der Waals surface area (Å²) in [5.74, 6) is 0. The second-order valence-electron chi connectivity index (χ2n) is 15.0. The van der Waals surface area contributed by atoms with Gasteiger partial charge in [0.25, 0.3) is 0 Å². The van der Waals surface area contributed by atoms with Crippen LogP contribution in [0.5, 0.6) is 0 Å². The van der Waals surface area contributed by atoms with Crippen LogP contribution in [0.15, 0.2) is 243 Å². The Morgan fingerprint density at radius 2 is 0.583 bits per heavy atom. The van der Waals surface area contributed by atoms with Gasteiger partial charge in [0.15, 0.2) is 0 Å². The standard InChI is InChI=1S/C58H40N2/c1-3-17-47(18-4-1)59(57-39-45-15-7-9-21-51(45)53-23-11-13-25-55(53)57)49-35-31-43(32-36-49)41-27-29-42(30-28-41)44-33-37-50(38-34-44)60(48-19-5-2-6-20-48)58-40-46-16-8-10-22-52(46)54-24-12-14-26-56(54)58/h1-40H/i31D,32D,35D,36D. The Morgan fingerprint density at radius 1 is 0.250 bits per heavy atom. The van der Waals surface area contributed by atoms with Gasteiger partial charge >= 0.3 is 0 Å². The lowest BCUT2D eigenvalue weighted by atomic mass is 9.98. The maximum atomic E-state index is 9.53. The first-order valence-electron chi connectivity index (χ1n) is 22.3. The summed E-state index contributed by atoms with van der Waals surface area (Å²) in [6, 6.07) is 73.9. The summed E-state index contributed by atoms with van der Waals surface area (Å²) in [5.41, 5.74) is 7.77. The van der Waals surface area contributed by atoms with Crippen LogP contribution < -0.4 is 9.80 Å². The van der Waals surface area contributed by atoms with Crippen molar-refractivity contribution in [2.24, 2.45) is 0 Å². The van der Waals surface area contributed by atoms with Crippen molar-refractivity contribution in [3.05, 3.63) is 243 Å². The Bertz CT molecular complexity index is 3510. The van der Waals surface area contributed by atoms with E-state index in [1.807, 2.05) is 89.8 Å². The summed E-state index contributed by atoms with van der Waals surface area (Å²) in [6.45, 7) is 0. The minimum Gasteiger partial charge on any atom is -0.310 e. The number of hydrogen-bond acceptors (Lipinski definition) is 2. The summed E-state index contributed by atoms with van der Waals surface area (Å²) in [5, 5.41) is 8.89. The smallest absolute Gasteiger partial charge is 0.0645 e. The van der Waals surface area contributed by atoms with Gasteiger partial charge in [0.2, 0.25) is 0 Å². The normalized spacial score (nSPS) is 12.3. The summed E-state index contributed by atoms with van der Waals surface area (Å²) >= 11 is 0. The van der Waals surface area contributed by atoms with E-state index < -0.39 is 0 Å². The maximum Gasteiger partial charge on any atom is 0.0645 e. The highest BCUT2D eigenvalue weighted by Crippen LogP contribution is 2.44. The third-order valence-electron chi connectivity index (χ3n) is 11.5. The van der Waals surface area contributed by atoms with Gasteiger partial charge in [0.1, 0.15) is 0 Å². The van der Waals surface area contributed by atoms with E-state index in [9.17, 15) is 5.48 Å². The first-order valence-corrected chi connectivity index (χ1v) is 20.3. The van der Waals surface area contributed by atoms with Crippen molar-refractivity contribution in [1.82, 2.24) is 0 Å². The van der Waals surface area contributed by atoms with Gasteiger partial charge < -0.3 is 9.80 Å². The highest BCUT2D eigenvalue weighted by atomic mass is 15.1. The van der Waals surface area contributed by atoms with E-state index in [0.717, 1.165) is 61.1 Å². The molecule has 0 heterocycles. The maximum absolute atomic E-state index is 9.53. The van der Waals surface area contributed by atoms with Crippen LogP contribution >= 0.6 is 0 Å². The largest absolute Gasteiger partial charge is 0.310 e. The predicted octanol–water partition coefficient (Wildman–Crippen LogP) is 16.6. The molecule has 2 nitrogen and oxygen atoms in total. The summed E-state index contributed by atoms with van der Waals surface area (Å²) in [4.78, 5) is 4.20. The number of para-hydroxylation sites is 2. The van der Waals surface area contributed by atoms with Gasteiger partial charge in [0.05, 0.1) is 16.9 Å². The van der Waals surface area contributed by atoms with Crippen LogP contribution in [0.1, 0.15) is 5.48 Å². The highest BCUT2D eigenvalue weighted by molar-refractivity contribution is 6.15. The molecule has 0 aromatic heterocycles. The number of fused-ring (bicyclic) bond motifs is 6. The lowest BCUT2D eigenvalue weighted by molar-refractivity contribution is 1.30. The number of nitrogens with zero attached hydrogens (tertiary/aromatic N) is 2. The topological polar surface area (TPSA) is 6.48 Å². The first kappa shape index (κ1) is 31.1. The lowest BCUT2D eigenvalue weighted by Crippen LogP contribution is -2.10. The monoisotopic (exact) mass is 768 g/mol. The van der Waals surface area contributed by atoms with Gasteiger partial charge in [-0.1, -0.05) is 182 Å². The van der Waals surface area contributed by atoms with Gasteiger partial charge in [-0.15, -0.1) is 0 Å². The Balaban J connectivity index is 0.971. The van der Waals surface area contributed by atoms with E-state index in [2.05, 4.69) is 138 Å². The molecule has 0 aliphatic heterocycles. The van der Waals surface area contributed by atoms with E-state index in [1.54, 1.807) is 0 Å². The number of anilines is 6. The van der Waals surface area contributed by atoms with E-state index in [0.29, 0.717) is 5.56 Å². The Kier molecular flexibility index (Phi) is 7.83. The average Bonchev–Trinajstić information content (AvgIpc) is 3.36. The van der Waals surface area contributed by atoms with Crippen molar-refractivity contribution in [1.29, 1.82) is 0 Å². The van der Waals surface area contributed by atoms with Crippen LogP contribution in [0, 0.1) is 0 Å². The van der Waals surface area contributed by atoms with Crippen molar-refractivity contribution >= 4 is 77.2 Å². The Hall–Kier alpha value is -7.94. The second kappa shape index (κ2) is 15.1. The fourth-order valence-corrected chi connectivity index (χ4v) is 8.60. The first-order chi connectivity index (χ1) is 31.4. The molecule has 0 spiro atoms. The molecule has 0 saturated heterocycles. The van der Waals surface area contributed by atoms with Crippen molar-refractivity contribution < 1.29 is 5.48 Å². The molecule has 0 atom stereocenters. The second-order valence-corrected chi connectivity index (χ2v) is 15.0. The molecule has 0 fully saturated rings. The summed E-state index contributed by atoms with van der Waals surface area (Å²) in [6.07, 6.45) is 0. The van der Waals surface area contributed by atoms with Crippen LogP contribution in [-0.4, -0.2) is 0 Å². The van der Waals surface area contributed by atoms with Gasteiger partial charge in [-0.05, 0) is 115 Å². The zero-order valence-electron chi connectivity index (χ0n) is 36.7. The van der Waals surface area contributed by atoms with E-state index in [-0.39, 0.29) is 35.4 Å². The molecular formula is C58H40N2. The van der Waals surface area contributed by atoms with E-state index in [1.165, 1.54) is 21.5 Å². The van der Waals surface area contributed by atoms with Crippen LogP contribution in [0.2, 0.25) is 0 Å². The van der Waals surface area contributed by atoms with Crippen LogP contribution in [0.25, 0.3) is 65.3 Å². The highest BCUT2D eigenvalue weighted by Gasteiger charge is 2.19. The number of hydrogen-bond donors (Lipinski definition) is 0. The van der Waals surface area contributed by atoms with Crippen molar-refractivity contribution in [3.63, 3.8) is 0 Å². The Morgan fingerprint density at radius 3 is 1.05 bits per heavy atom. The quantitative estimate of drug-likeness (QED) is 0.142. The molecule has 0 amide bonds. The molecule has 0 unspecified atom stereocenters. The van der Waals surface area contributed by atoms with Crippen LogP contribution in [0.4, 0.5) is 34.1 Å². The fraction of sp³-hybridized carbons (Fsp3) is 0. The fourth-order valence-electron chi connectivity index (χ4n) is 8.60. The van der Waals surface area contributed by atoms with Gasteiger partial charge in [-0.25, -0.2) is 0 Å². The summed E-state index contributed by atoms with van der Waals surface area (Å²) < 4.78 is 37.9. The molecule has 11 aromatic rings. The van der Waals surface area contributed by atoms with Gasteiger partial charge in [-0.3, -0.25) is 0 Å². The minimum atomic E-state index is -0.112. The van der Waals surface area contributed by atoms with E-state index in [4.69, 9.17) is 0 Å². The molecule has 282 valence electrons. The zero-order chi connectivity index (χ0) is 43.3. The number of benzene rings is 11. The minimum absolute atomic E-state index is 0.0960. The van der Waals surface area contributed by atoms with Crippen LogP contribution in [-0.2, 0) is 0 Å². The molecular weight excluding hydrogens is 725 g/mol. The van der Waals surface area contributed by atoms with Crippen LogP contribution in [0.3, 0.4) is 0 Å². The molecule has 0 radical (unpaired) electrons. The lowest BCUT2D eigenvalue weighted by Gasteiger charge is -2.28. The van der Waals surface area contributed by atoms with Crippen molar-refractivity contribution in [3.8, 4) is 22.3 Å². The zero-order valence-corrected chi connectivity index (χ0v) is 32.7. The molecule has 11 rings (SSSR count). The van der Waals surface area contributed by atoms with Gasteiger partial charge in [0, 0.05) is 33.5 Å². The molecule has 0 N–H and O–H groups in total. The number of rotatable bonds is 8. The van der Waals surface area contributed by atoms with Crippen molar-refractivity contribution in [2.45, 2.75) is 0 Å². The molecule has 0 saturated carbocycles. The molecule has 0 aliphatic rings. The third kappa shape index (κ3) is 6.32. The van der Waals surface area contributed by atoms with Gasteiger partial charge in [-0.2, -0.15) is 0 Å².